The van der Waals surface area contributed by atoms with E-state index < -0.39 is 17.2 Å². The number of aromatic hydroxyl groups is 1. The van der Waals surface area contributed by atoms with Crippen molar-refractivity contribution in [3.63, 3.8) is 0 Å². The molecule has 0 saturated carbocycles. The highest BCUT2D eigenvalue weighted by Gasteiger charge is 2.19. The van der Waals surface area contributed by atoms with Gasteiger partial charge in [0.15, 0.2) is 0 Å². The Hall–Kier alpha value is -1.73. The van der Waals surface area contributed by atoms with Crippen molar-refractivity contribution in [1.29, 1.82) is 0 Å². The third-order valence-corrected chi connectivity index (χ3v) is 2.23. The van der Waals surface area contributed by atoms with Gasteiger partial charge in [0, 0.05) is 6.42 Å². The molecule has 1 rings (SSSR count). The first kappa shape index (κ1) is 13.3. The van der Waals surface area contributed by atoms with Gasteiger partial charge in [0.1, 0.15) is 11.8 Å². The number of hydrogen-bond acceptors (Lipinski definition) is 4. The molecule has 6 nitrogen and oxygen atoms in total. The molecule has 0 aliphatic heterocycles. The lowest BCUT2D eigenvalue weighted by Crippen LogP contribution is -2.45. The molecule has 2 amide bonds. The smallest absolute Gasteiger partial charge is 0.276 e. The number of nitrogens with one attached hydrogen (secondary N) is 2. The Bertz CT molecular complexity index is 407. The molecule has 0 heterocycles. The number of rotatable bonds is 4. The Morgan fingerprint density at radius 2 is 1.88 bits per heavy atom. The Kier molecular flexibility index (Phi) is 4.80. The van der Waals surface area contributed by atoms with Crippen LogP contribution in [0.4, 0.5) is 4.79 Å². The van der Waals surface area contributed by atoms with E-state index in [1.165, 1.54) is 17.6 Å². The van der Waals surface area contributed by atoms with Gasteiger partial charge in [-0.1, -0.05) is 24.8 Å². The van der Waals surface area contributed by atoms with Crippen LogP contribution in [0.5, 0.6) is 5.75 Å². The zero-order valence-electron chi connectivity index (χ0n) is 8.75. The molecule has 0 aliphatic rings. The van der Waals surface area contributed by atoms with Gasteiger partial charge in [0.05, 0.1) is 0 Å². The fraction of sp³-hybridized carbons (Fsp3) is 0.200. The summed E-state index contributed by atoms with van der Waals surface area (Å²) in [4.78, 5) is 22.0. The minimum atomic E-state index is -0.922. The van der Waals surface area contributed by atoms with Crippen LogP contribution < -0.4 is 10.8 Å². The highest BCUT2D eigenvalue weighted by Crippen LogP contribution is 2.11. The Morgan fingerprint density at radius 1 is 1.29 bits per heavy atom. The lowest BCUT2D eigenvalue weighted by molar-refractivity contribution is -0.131. The highest BCUT2D eigenvalue weighted by atomic mass is 32.1. The number of thiol groups is 1. The van der Waals surface area contributed by atoms with E-state index in [4.69, 9.17) is 10.3 Å². The maximum Gasteiger partial charge on any atom is 0.276 e. The van der Waals surface area contributed by atoms with E-state index >= 15 is 0 Å². The summed E-state index contributed by atoms with van der Waals surface area (Å²) in [5.74, 6) is -0.629. The number of hydroxylamine groups is 1. The summed E-state index contributed by atoms with van der Waals surface area (Å²) in [6.45, 7) is 0. The van der Waals surface area contributed by atoms with Crippen LogP contribution in [-0.4, -0.2) is 27.5 Å². The zero-order valence-corrected chi connectivity index (χ0v) is 9.65. The van der Waals surface area contributed by atoms with Crippen LogP contribution in [0.25, 0.3) is 0 Å². The molecule has 0 aliphatic carbocycles. The molecule has 0 bridgehead atoms. The minimum Gasteiger partial charge on any atom is -0.508 e. The van der Waals surface area contributed by atoms with Gasteiger partial charge >= 0.3 is 0 Å². The van der Waals surface area contributed by atoms with Crippen molar-refractivity contribution < 1.29 is 19.9 Å². The van der Waals surface area contributed by atoms with Crippen LogP contribution >= 0.6 is 12.6 Å². The molecule has 1 aromatic carbocycles. The van der Waals surface area contributed by atoms with Gasteiger partial charge < -0.3 is 10.4 Å². The van der Waals surface area contributed by atoms with E-state index in [-0.39, 0.29) is 12.2 Å². The van der Waals surface area contributed by atoms with Crippen molar-refractivity contribution in [3.05, 3.63) is 29.8 Å². The van der Waals surface area contributed by atoms with Gasteiger partial charge in [-0.15, -0.1) is 0 Å². The van der Waals surface area contributed by atoms with Crippen LogP contribution in [0.1, 0.15) is 5.56 Å². The molecule has 1 unspecified atom stereocenters. The van der Waals surface area contributed by atoms with Gasteiger partial charge in [0.2, 0.25) is 0 Å². The summed E-state index contributed by atoms with van der Waals surface area (Å²) >= 11 is 3.50. The molecule has 0 radical (unpaired) electrons. The van der Waals surface area contributed by atoms with E-state index in [9.17, 15) is 9.59 Å². The zero-order chi connectivity index (χ0) is 12.8. The fourth-order valence-corrected chi connectivity index (χ4v) is 1.46. The number of benzene rings is 1. The van der Waals surface area contributed by atoms with Gasteiger partial charge in [0.25, 0.3) is 11.1 Å². The van der Waals surface area contributed by atoms with E-state index in [1.54, 1.807) is 12.1 Å². The van der Waals surface area contributed by atoms with Crippen LogP contribution in [0, 0.1) is 0 Å². The van der Waals surface area contributed by atoms with Gasteiger partial charge in [-0.3, -0.25) is 14.8 Å². The molecule has 0 spiro atoms. The molecule has 17 heavy (non-hydrogen) atoms. The molecule has 4 N–H and O–H groups in total. The molecule has 0 saturated heterocycles. The first-order chi connectivity index (χ1) is 8.02. The summed E-state index contributed by atoms with van der Waals surface area (Å²) in [6, 6.07) is 5.22. The number of carbonyl (C=O) groups excluding carboxylic acids is 2. The number of hydrogen-bond donors (Lipinski definition) is 5. The molecule has 92 valence electrons. The molecular weight excluding hydrogens is 244 g/mol. The molecular formula is C10H12N2O4S. The largest absolute Gasteiger partial charge is 0.508 e. The van der Waals surface area contributed by atoms with Crippen molar-refractivity contribution >= 4 is 23.8 Å². The second kappa shape index (κ2) is 6.12. The monoisotopic (exact) mass is 256 g/mol. The number of amides is 2. The number of phenolic OH excluding ortho intramolecular Hbond substituents is 1. The van der Waals surface area contributed by atoms with E-state index in [2.05, 4.69) is 17.9 Å². The lowest BCUT2D eigenvalue weighted by Gasteiger charge is -2.15. The Labute approximate surface area is 103 Å². The predicted octanol–water partition coefficient (Wildman–Crippen LogP) is 0.448. The molecule has 0 fully saturated rings. The van der Waals surface area contributed by atoms with Crippen LogP contribution in [0.2, 0.25) is 0 Å². The normalized spacial score (nSPS) is 11.6. The molecule has 1 aromatic rings. The van der Waals surface area contributed by atoms with Gasteiger partial charge in [-0.25, -0.2) is 5.48 Å². The summed E-state index contributed by atoms with van der Waals surface area (Å²) in [7, 11) is 0. The summed E-state index contributed by atoms with van der Waals surface area (Å²) < 4.78 is 0. The molecule has 7 heteroatoms. The van der Waals surface area contributed by atoms with Gasteiger partial charge in [-0.05, 0) is 17.7 Å². The van der Waals surface area contributed by atoms with E-state index in [0.29, 0.717) is 0 Å². The first-order valence-corrected chi connectivity index (χ1v) is 5.19. The van der Waals surface area contributed by atoms with Crippen molar-refractivity contribution in [3.8, 4) is 5.75 Å². The third kappa shape index (κ3) is 4.33. The van der Waals surface area contributed by atoms with Crippen LogP contribution in [-0.2, 0) is 11.2 Å². The van der Waals surface area contributed by atoms with Crippen LogP contribution in [0.3, 0.4) is 0 Å². The SMILES string of the molecule is O=C(S)NC(Cc1ccc(O)cc1)C(=O)NO. The summed E-state index contributed by atoms with van der Waals surface area (Å²) in [6.07, 6.45) is 0.180. The van der Waals surface area contributed by atoms with Crippen molar-refractivity contribution in [2.75, 3.05) is 0 Å². The lowest BCUT2D eigenvalue weighted by atomic mass is 10.1. The minimum absolute atomic E-state index is 0.107. The molecule has 1 atom stereocenters. The van der Waals surface area contributed by atoms with Crippen molar-refractivity contribution in [2.24, 2.45) is 0 Å². The summed E-state index contributed by atoms with van der Waals surface area (Å²) in [5.41, 5.74) is 2.19. The average molecular weight is 256 g/mol. The highest BCUT2D eigenvalue weighted by molar-refractivity contribution is 7.96. The topological polar surface area (TPSA) is 98.7 Å². The Morgan fingerprint density at radius 3 is 2.35 bits per heavy atom. The predicted molar refractivity (Wildman–Crippen MR) is 63.0 cm³/mol. The summed E-state index contributed by atoms with van der Waals surface area (Å²) in [5, 5.41) is 19.2. The van der Waals surface area contributed by atoms with Crippen molar-refractivity contribution in [1.82, 2.24) is 10.8 Å². The number of carbonyl (C=O) groups is 2. The number of phenols is 1. The maximum absolute atomic E-state index is 11.3. The van der Waals surface area contributed by atoms with Gasteiger partial charge in [-0.2, -0.15) is 0 Å². The quantitative estimate of drug-likeness (QED) is 0.307. The second-order valence-corrected chi connectivity index (χ2v) is 3.75. The standard InChI is InChI=1S/C10H12N2O4S/c13-7-3-1-6(2-4-7)5-8(9(14)12-16)11-10(15)17/h1-4,8,13,16H,5H2,(H,12,14)(H2,11,15,17). The van der Waals surface area contributed by atoms with Crippen molar-refractivity contribution in [2.45, 2.75) is 12.5 Å². The first-order valence-electron chi connectivity index (χ1n) is 4.74. The fourth-order valence-electron chi connectivity index (χ4n) is 1.30. The van der Waals surface area contributed by atoms with Crippen LogP contribution in [0.15, 0.2) is 24.3 Å². The molecule has 0 aromatic heterocycles. The maximum atomic E-state index is 11.3. The third-order valence-electron chi connectivity index (χ3n) is 2.10. The van der Waals surface area contributed by atoms with E-state index in [0.717, 1.165) is 5.56 Å². The Balaban J connectivity index is 2.75. The average Bonchev–Trinajstić information content (AvgIpc) is 2.29. The second-order valence-electron chi connectivity index (χ2n) is 3.35. The van der Waals surface area contributed by atoms with E-state index in [1.807, 2.05) is 0 Å².